The molecule has 3 heterocycles. The van der Waals surface area contributed by atoms with Gasteiger partial charge in [-0.25, -0.2) is 9.97 Å². The van der Waals surface area contributed by atoms with Crippen LogP contribution in [0.15, 0.2) is 35.4 Å². The third-order valence-electron chi connectivity index (χ3n) is 6.74. The van der Waals surface area contributed by atoms with E-state index in [1.807, 2.05) is 48.0 Å². The molecule has 0 bridgehead atoms. The quantitative estimate of drug-likeness (QED) is 0.439. The molecule has 2 fully saturated rings. The number of piperidine rings is 1. The number of carbonyl (C=O) groups excluding carboxylic acids is 1. The molecule has 2 atom stereocenters. The van der Waals surface area contributed by atoms with Crippen LogP contribution in [0.3, 0.4) is 0 Å². The van der Waals surface area contributed by atoms with Crippen molar-refractivity contribution in [1.29, 1.82) is 0 Å². The van der Waals surface area contributed by atoms with Gasteiger partial charge in [0, 0.05) is 59.6 Å². The van der Waals surface area contributed by atoms with E-state index in [1.54, 1.807) is 36.3 Å². The minimum absolute atomic E-state index is 0.0580. The molecular weight excluding hydrogens is 471 g/mol. The fraction of sp³-hybridized carbons (Fsp3) is 0.520. The van der Waals surface area contributed by atoms with Gasteiger partial charge < -0.3 is 14.7 Å². The summed E-state index contributed by atoms with van der Waals surface area (Å²) in [6.07, 6.45) is -1.26. The molecule has 2 aromatic rings. The van der Waals surface area contributed by atoms with Gasteiger partial charge >= 0.3 is 6.18 Å². The van der Waals surface area contributed by atoms with E-state index in [4.69, 9.17) is 0 Å². The van der Waals surface area contributed by atoms with Crippen LogP contribution in [0.2, 0.25) is 0 Å². The van der Waals surface area contributed by atoms with Gasteiger partial charge in [-0.2, -0.15) is 18.3 Å². The molecule has 2 saturated heterocycles. The van der Waals surface area contributed by atoms with Crippen LogP contribution < -0.4 is 14.8 Å². The number of hydrazone groups is 1. The lowest BCUT2D eigenvalue weighted by Gasteiger charge is -2.34. The number of nitrogens with zero attached hydrogens (tertiary/aromatic N) is 7. The number of para-hydroxylation sites is 1. The molecule has 1 aromatic carbocycles. The summed E-state index contributed by atoms with van der Waals surface area (Å²) in [5.74, 6) is -0.273. The van der Waals surface area contributed by atoms with Crippen molar-refractivity contribution in [1.82, 2.24) is 14.9 Å². The SMILES string of the molecule is CC/C=N\N(C)c1ccccc1C(=O)N1CCC2CN(c3cc(N(C)C)nc(C(F)(F)F)n3)CC2C1. The first kappa shape index (κ1) is 25.7. The number of hydrogen-bond acceptors (Lipinski definition) is 7. The molecule has 194 valence electrons. The van der Waals surface area contributed by atoms with E-state index >= 15 is 0 Å². The summed E-state index contributed by atoms with van der Waals surface area (Å²) in [6, 6.07) is 9.00. The van der Waals surface area contributed by atoms with Crippen LogP contribution in [0.5, 0.6) is 0 Å². The third-order valence-corrected chi connectivity index (χ3v) is 6.74. The summed E-state index contributed by atoms with van der Waals surface area (Å²) in [4.78, 5) is 26.3. The topological polar surface area (TPSA) is 68.2 Å². The number of alkyl halides is 3. The number of anilines is 3. The Kier molecular flexibility index (Phi) is 7.37. The van der Waals surface area contributed by atoms with Crippen LogP contribution in [-0.4, -0.2) is 74.3 Å². The third kappa shape index (κ3) is 5.39. The van der Waals surface area contributed by atoms with E-state index in [2.05, 4.69) is 15.1 Å². The molecule has 1 aromatic heterocycles. The van der Waals surface area contributed by atoms with Crippen LogP contribution in [0, 0.1) is 11.8 Å². The van der Waals surface area contributed by atoms with Crippen molar-refractivity contribution in [2.75, 3.05) is 62.1 Å². The normalized spacial score (nSPS) is 20.1. The molecule has 1 amide bonds. The zero-order chi connectivity index (χ0) is 26.0. The zero-order valence-electron chi connectivity index (χ0n) is 21.0. The molecule has 2 unspecified atom stereocenters. The predicted molar refractivity (Wildman–Crippen MR) is 135 cm³/mol. The summed E-state index contributed by atoms with van der Waals surface area (Å²) in [5.41, 5.74) is 1.32. The molecule has 0 radical (unpaired) electrons. The number of benzene rings is 1. The van der Waals surface area contributed by atoms with Crippen molar-refractivity contribution in [3.63, 3.8) is 0 Å². The van der Waals surface area contributed by atoms with Gasteiger partial charge in [-0.1, -0.05) is 19.1 Å². The molecular formula is C25H32F3N7O. The van der Waals surface area contributed by atoms with Crippen molar-refractivity contribution in [2.45, 2.75) is 25.9 Å². The maximum Gasteiger partial charge on any atom is 0.451 e. The maximum absolute atomic E-state index is 13.5. The van der Waals surface area contributed by atoms with Crippen molar-refractivity contribution in [3.05, 3.63) is 41.7 Å². The van der Waals surface area contributed by atoms with Gasteiger partial charge in [0.1, 0.15) is 11.6 Å². The summed E-state index contributed by atoms with van der Waals surface area (Å²) >= 11 is 0. The number of hydrogen-bond donors (Lipinski definition) is 0. The van der Waals surface area contributed by atoms with Gasteiger partial charge in [-0.15, -0.1) is 0 Å². The highest BCUT2D eigenvalue weighted by Crippen LogP contribution is 2.36. The Morgan fingerprint density at radius 3 is 2.56 bits per heavy atom. The Bertz CT molecular complexity index is 1120. The molecule has 2 aliphatic heterocycles. The largest absolute Gasteiger partial charge is 0.451 e. The summed E-state index contributed by atoms with van der Waals surface area (Å²) in [7, 11) is 5.13. The molecule has 8 nitrogen and oxygen atoms in total. The number of carbonyl (C=O) groups is 1. The van der Waals surface area contributed by atoms with Gasteiger partial charge in [-0.3, -0.25) is 9.80 Å². The number of halogens is 3. The van der Waals surface area contributed by atoms with Gasteiger partial charge in [0.2, 0.25) is 5.82 Å². The smallest absolute Gasteiger partial charge is 0.363 e. The standard InChI is InChI=1S/C25H32F3N7O/c1-5-11-29-33(4)20-9-7-6-8-19(20)23(36)34-12-10-17-14-35(16-18(17)15-34)22-13-21(32(2)3)30-24(31-22)25(26,27)28/h6-9,11,13,17-18H,5,10,12,14-16H2,1-4H3/b29-11-. The van der Waals surface area contributed by atoms with Crippen molar-refractivity contribution in [3.8, 4) is 0 Å². The lowest BCUT2D eigenvalue weighted by molar-refractivity contribution is -0.144. The molecule has 11 heteroatoms. The van der Waals surface area contributed by atoms with E-state index in [9.17, 15) is 18.0 Å². The zero-order valence-corrected chi connectivity index (χ0v) is 21.0. The van der Waals surface area contributed by atoms with Crippen LogP contribution in [-0.2, 0) is 6.18 Å². The Labute approximate surface area is 209 Å². The second-order valence-corrected chi connectivity index (χ2v) is 9.51. The lowest BCUT2D eigenvalue weighted by Crippen LogP contribution is -2.43. The molecule has 0 N–H and O–H groups in total. The van der Waals surface area contributed by atoms with Gasteiger partial charge in [0.15, 0.2) is 0 Å². The molecule has 0 spiro atoms. The highest BCUT2D eigenvalue weighted by Gasteiger charge is 2.41. The van der Waals surface area contributed by atoms with Crippen LogP contribution in [0.25, 0.3) is 0 Å². The molecule has 2 aliphatic rings. The van der Waals surface area contributed by atoms with Crippen molar-refractivity contribution in [2.24, 2.45) is 16.9 Å². The van der Waals surface area contributed by atoms with E-state index in [-0.39, 0.29) is 29.4 Å². The van der Waals surface area contributed by atoms with Gasteiger partial charge in [0.05, 0.1) is 11.3 Å². The maximum atomic E-state index is 13.5. The molecule has 36 heavy (non-hydrogen) atoms. The Hall–Kier alpha value is -3.37. The van der Waals surface area contributed by atoms with E-state index in [0.29, 0.717) is 31.7 Å². The van der Waals surface area contributed by atoms with Gasteiger partial charge in [-0.05, 0) is 36.8 Å². The fourth-order valence-electron chi connectivity index (χ4n) is 4.85. The molecule has 0 aliphatic carbocycles. The predicted octanol–water partition coefficient (Wildman–Crippen LogP) is 3.99. The first-order valence-electron chi connectivity index (χ1n) is 12.1. The summed E-state index contributed by atoms with van der Waals surface area (Å²) < 4.78 is 40.3. The average Bonchev–Trinajstić information content (AvgIpc) is 3.29. The Balaban J connectivity index is 1.51. The Morgan fingerprint density at radius 1 is 1.14 bits per heavy atom. The minimum atomic E-state index is -4.63. The van der Waals surface area contributed by atoms with Crippen molar-refractivity contribution < 1.29 is 18.0 Å². The second-order valence-electron chi connectivity index (χ2n) is 9.51. The fourth-order valence-corrected chi connectivity index (χ4v) is 4.85. The molecule has 0 saturated carbocycles. The monoisotopic (exact) mass is 503 g/mol. The first-order chi connectivity index (χ1) is 17.1. The summed E-state index contributed by atoms with van der Waals surface area (Å²) in [6.45, 7) is 4.30. The van der Waals surface area contributed by atoms with Gasteiger partial charge in [0.25, 0.3) is 5.91 Å². The highest BCUT2D eigenvalue weighted by atomic mass is 19.4. The minimum Gasteiger partial charge on any atom is -0.363 e. The van der Waals surface area contributed by atoms with Crippen LogP contribution >= 0.6 is 0 Å². The second kappa shape index (κ2) is 10.3. The Morgan fingerprint density at radius 2 is 1.86 bits per heavy atom. The number of rotatable bonds is 6. The lowest BCUT2D eigenvalue weighted by atomic mass is 9.88. The van der Waals surface area contributed by atoms with Crippen LogP contribution in [0.1, 0.15) is 35.9 Å². The van der Waals surface area contributed by atoms with E-state index in [1.165, 1.54) is 0 Å². The number of likely N-dealkylation sites (tertiary alicyclic amines) is 1. The van der Waals surface area contributed by atoms with Crippen LogP contribution in [0.4, 0.5) is 30.5 Å². The summed E-state index contributed by atoms with van der Waals surface area (Å²) in [5, 5.41) is 6.08. The number of amides is 1. The van der Waals surface area contributed by atoms with Crippen molar-refractivity contribution >= 4 is 29.4 Å². The number of aromatic nitrogens is 2. The first-order valence-corrected chi connectivity index (χ1v) is 12.1. The number of fused-ring (bicyclic) bond motifs is 1. The molecule has 4 rings (SSSR count). The van der Waals surface area contributed by atoms with E-state index in [0.717, 1.165) is 18.5 Å². The van der Waals surface area contributed by atoms with E-state index < -0.39 is 12.0 Å². The highest BCUT2D eigenvalue weighted by molar-refractivity contribution is 6.00. The average molecular weight is 504 g/mol.